The quantitative estimate of drug-likeness (QED) is 0.455. The standard InChI is InChI=1S/C25H40O8/c1-14-15(2)19-17(16(3)18(14)27)10-11-20(4,32-19)13-31-25(9)24(8,30)23(7,29)22(6,28)21(5,12-26)33-25/h26-30H,10-13H2,1-9H3/t20?,21?,22-,23?,24+,25+/m1/s1. The van der Waals surface area contributed by atoms with E-state index in [9.17, 15) is 25.5 Å². The lowest BCUT2D eigenvalue weighted by Gasteiger charge is -2.65. The molecule has 0 radical (unpaired) electrons. The largest absolute Gasteiger partial charge is 0.507 e. The van der Waals surface area contributed by atoms with E-state index in [1.807, 2.05) is 27.7 Å². The molecule has 188 valence electrons. The Morgan fingerprint density at radius 1 is 0.848 bits per heavy atom. The number of aliphatic hydroxyl groups is 4. The molecule has 3 unspecified atom stereocenters. The summed E-state index contributed by atoms with van der Waals surface area (Å²) >= 11 is 0. The smallest absolute Gasteiger partial charge is 0.198 e. The maximum absolute atomic E-state index is 11.4. The van der Waals surface area contributed by atoms with Gasteiger partial charge in [-0.05, 0) is 91.8 Å². The average molecular weight is 469 g/mol. The molecule has 6 atom stereocenters. The second-order valence-electron chi connectivity index (χ2n) is 11.0. The van der Waals surface area contributed by atoms with Gasteiger partial charge in [0, 0.05) is 5.56 Å². The van der Waals surface area contributed by atoms with Crippen molar-refractivity contribution in [2.45, 2.75) is 109 Å². The zero-order chi connectivity index (χ0) is 25.4. The van der Waals surface area contributed by atoms with Gasteiger partial charge < -0.3 is 39.7 Å². The summed E-state index contributed by atoms with van der Waals surface area (Å²) in [6.07, 6.45) is 1.26. The predicted molar refractivity (Wildman–Crippen MR) is 122 cm³/mol. The molecule has 1 aromatic carbocycles. The first-order chi connectivity index (χ1) is 14.8. The summed E-state index contributed by atoms with van der Waals surface area (Å²) in [5, 5.41) is 54.2. The number of ether oxygens (including phenoxy) is 3. The summed E-state index contributed by atoms with van der Waals surface area (Å²) in [5.41, 5.74) is -5.13. The highest BCUT2D eigenvalue weighted by Gasteiger charge is 2.74. The second kappa shape index (κ2) is 7.54. The Morgan fingerprint density at radius 3 is 1.97 bits per heavy atom. The normalized spacial score (nSPS) is 43.2. The molecule has 0 spiro atoms. The monoisotopic (exact) mass is 468 g/mol. The van der Waals surface area contributed by atoms with Crippen molar-refractivity contribution >= 4 is 0 Å². The van der Waals surface area contributed by atoms with E-state index in [4.69, 9.17) is 14.2 Å². The van der Waals surface area contributed by atoms with Gasteiger partial charge in [-0.1, -0.05) is 0 Å². The summed E-state index contributed by atoms with van der Waals surface area (Å²) in [4.78, 5) is 0. The van der Waals surface area contributed by atoms with Gasteiger partial charge >= 0.3 is 0 Å². The zero-order valence-corrected chi connectivity index (χ0v) is 21.3. The van der Waals surface area contributed by atoms with Gasteiger partial charge in [0.25, 0.3) is 0 Å². The molecule has 1 saturated heterocycles. The fourth-order valence-corrected chi connectivity index (χ4v) is 5.10. The van der Waals surface area contributed by atoms with Crippen LogP contribution in [0.1, 0.15) is 70.2 Å². The van der Waals surface area contributed by atoms with E-state index in [2.05, 4.69) is 0 Å². The third kappa shape index (κ3) is 3.41. The van der Waals surface area contributed by atoms with Gasteiger partial charge in [0.15, 0.2) is 5.79 Å². The fraction of sp³-hybridized carbons (Fsp3) is 0.760. The van der Waals surface area contributed by atoms with Crippen LogP contribution in [0.25, 0.3) is 0 Å². The molecular weight excluding hydrogens is 428 g/mol. The topological polar surface area (TPSA) is 129 Å². The molecule has 2 aliphatic rings. The Hall–Kier alpha value is -1.42. The Labute approximate surface area is 196 Å². The summed E-state index contributed by atoms with van der Waals surface area (Å²) in [7, 11) is 0. The molecular formula is C25H40O8. The van der Waals surface area contributed by atoms with Gasteiger partial charge in [-0.15, -0.1) is 0 Å². The van der Waals surface area contributed by atoms with E-state index in [1.54, 1.807) is 0 Å². The Morgan fingerprint density at radius 2 is 1.42 bits per heavy atom. The highest BCUT2D eigenvalue weighted by atomic mass is 16.7. The van der Waals surface area contributed by atoms with Crippen LogP contribution in [0.15, 0.2) is 0 Å². The number of hydrogen-bond acceptors (Lipinski definition) is 8. The van der Waals surface area contributed by atoms with Crippen molar-refractivity contribution in [3.8, 4) is 11.5 Å². The average Bonchev–Trinajstić information content (AvgIpc) is 2.73. The van der Waals surface area contributed by atoms with Gasteiger partial charge in [-0.2, -0.15) is 0 Å². The summed E-state index contributed by atoms with van der Waals surface area (Å²) in [6, 6.07) is 0. The molecule has 0 saturated carbocycles. The number of phenolic OH excluding ortho intramolecular Hbond substituents is 1. The number of rotatable bonds is 4. The van der Waals surface area contributed by atoms with Gasteiger partial charge in [-0.3, -0.25) is 0 Å². The van der Waals surface area contributed by atoms with E-state index in [0.29, 0.717) is 12.8 Å². The van der Waals surface area contributed by atoms with E-state index in [1.165, 1.54) is 34.6 Å². The first kappa shape index (κ1) is 26.2. The molecule has 3 rings (SSSR count). The molecule has 0 amide bonds. The van der Waals surface area contributed by atoms with E-state index in [-0.39, 0.29) is 12.4 Å². The number of hydrogen-bond donors (Lipinski definition) is 5. The van der Waals surface area contributed by atoms with Gasteiger partial charge in [-0.25, -0.2) is 0 Å². The van der Waals surface area contributed by atoms with Gasteiger partial charge in [0.1, 0.15) is 39.5 Å². The van der Waals surface area contributed by atoms with Gasteiger partial charge in [0.2, 0.25) is 0 Å². The number of aromatic hydroxyl groups is 1. The van der Waals surface area contributed by atoms with Gasteiger partial charge in [0.05, 0.1) is 13.2 Å². The summed E-state index contributed by atoms with van der Waals surface area (Å²) < 4.78 is 18.6. The molecule has 5 N–H and O–H groups in total. The maximum Gasteiger partial charge on any atom is 0.198 e. The van der Waals surface area contributed by atoms with Crippen LogP contribution in [-0.2, 0) is 15.9 Å². The van der Waals surface area contributed by atoms with Crippen molar-refractivity contribution in [1.29, 1.82) is 0 Å². The lowest BCUT2D eigenvalue weighted by atomic mass is 9.61. The number of fused-ring (bicyclic) bond motifs is 1. The SMILES string of the molecule is Cc1c(C)c2c(c(C)c1O)CCC(C)(CO[C@@]1(C)OC(C)(CO)[C@@](C)(O)C(C)(O)[C@]1(C)O)O2. The van der Waals surface area contributed by atoms with Crippen molar-refractivity contribution in [3.63, 3.8) is 0 Å². The minimum absolute atomic E-state index is 0.0111. The first-order valence-corrected chi connectivity index (χ1v) is 11.4. The Kier molecular flexibility index (Phi) is 5.98. The fourth-order valence-electron chi connectivity index (χ4n) is 5.10. The van der Waals surface area contributed by atoms with Crippen molar-refractivity contribution in [2.24, 2.45) is 0 Å². The maximum atomic E-state index is 11.4. The van der Waals surface area contributed by atoms with Crippen molar-refractivity contribution in [2.75, 3.05) is 13.2 Å². The van der Waals surface area contributed by atoms with Crippen LogP contribution < -0.4 is 4.74 Å². The molecule has 1 fully saturated rings. The first-order valence-electron chi connectivity index (χ1n) is 11.4. The molecule has 2 heterocycles. The Balaban J connectivity index is 1.93. The third-order valence-electron chi connectivity index (χ3n) is 8.78. The van der Waals surface area contributed by atoms with Crippen molar-refractivity contribution in [3.05, 3.63) is 22.3 Å². The van der Waals surface area contributed by atoms with Crippen LogP contribution in [0, 0.1) is 20.8 Å². The number of benzene rings is 1. The van der Waals surface area contributed by atoms with E-state index in [0.717, 1.165) is 28.0 Å². The lowest BCUT2D eigenvalue weighted by Crippen LogP contribution is -2.85. The van der Waals surface area contributed by atoms with E-state index < -0.39 is 40.4 Å². The van der Waals surface area contributed by atoms with Crippen LogP contribution in [0.3, 0.4) is 0 Å². The van der Waals surface area contributed by atoms with Crippen molar-refractivity contribution in [1.82, 2.24) is 0 Å². The molecule has 8 nitrogen and oxygen atoms in total. The number of aliphatic hydroxyl groups excluding tert-OH is 1. The molecule has 8 heteroatoms. The lowest BCUT2D eigenvalue weighted by molar-refractivity contribution is -0.460. The molecule has 0 aromatic heterocycles. The highest BCUT2D eigenvalue weighted by Crippen LogP contribution is 2.54. The second-order valence-corrected chi connectivity index (χ2v) is 11.0. The molecule has 2 aliphatic heterocycles. The minimum Gasteiger partial charge on any atom is -0.507 e. The van der Waals surface area contributed by atoms with Crippen LogP contribution in [0.2, 0.25) is 0 Å². The molecule has 0 bridgehead atoms. The van der Waals surface area contributed by atoms with Crippen molar-refractivity contribution < 1.29 is 39.7 Å². The minimum atomic E-state index is -2.09. The summed E-state index contributed by atoms with van der Waals surface area (Å²) in [6.45, 7) is 13.9. The third-order valence-corrected chi connectivity index (χ3v) is 8.78. The van der Waals surface area contributed by atoms with Crippen LogP contribution in [0.5, 0.6) is 11.5 Å². The van der Waals surface area contributed by atoms with Crippen LogP contribution in [-0.4, -0.2) is 72.5 Å². The van der Waals surface area contributed by atoms with E-state index >= 15 is 0 Å². The van der Waals surface area contributed by atoms with Crippen LogP contribution in [0.4, 0.5) is 0 Å². The highest BCUT2D eigenvalue weighted by molar-refractivity contribution is 5.58. The molecule has 0 aliphatic carbocycles. The molecule has 33 heavy (non-hydrogen) atoms. The van der Waals surface area contributed by atoms with Crippen LogP contribution >= 0.6 is 0 Å². The Bertz CT molecular complexity index is 952. The zero-order valence-electron chi connectivity index (χ0n) is 21.3. The molecule has 1 aromatic rings. The summed E-state index contributed by atoms with van der Waals surface area (Å²) in [5.74, 6) is -0.776. The predicted octanol–water partition coefficient (Wildman–Crippen LogP) is 2.17. The number of phenols is 1.